The zero-order chi connectivity index (χ0) is 17.1. The predicted molar refractivity (Wildman–Crippen MR) is 95.4 cm³/mol. The minimum Gasteiger partial charge on any atom is -0.337 e. The van der Waals surface area contributed by atoms with Gasteiger partial charge in [-0.2, -0.15) is 0 Å². The van der Waals surface area contributed by atoms with E-state index in [0.29, 0.717) is 6.54 Å². The maximum Gasteiger partial charge on any atom is 0.277 e. The van der Waals surface area contributed by atoms with E-state index in [2.05, 4.69) is 39.1 Å². The number of carbonyl (C=O) groups is 1. The lowest BCUT2D eigenvalue weighted by atomic mass is 10.00. The average Bonchev–Trinajstić information content (AvgIpc) is 2.69. The normalized spacial score (nSPS) is 20.2. The molecule has 1 saturated heterocycles. The monoisotopic (exact) mass is 338 g/mol. The lowest BCUT2D eigenvalue weighted by Gasteiger charge is -2.35. The van der Waals surface area contributed by atoms with Crippen molar-refractivity contribution in [2.24, 2.45) is 0 Å². The summed E-state index contributed by atoms with van der Waals surface area (Å²) in [7, 11) is 0. The van der Waals surface area contributed by atoms with Crippen LogP contribution in [0.2, 0.25) is 0 Å². The first-order valence-electron chi connectivity index (χ1n) is 9.00. The molecule has 3 heterocycles. The maximum atomic E-state index is 12.7. The third kappa shape index (κ3) is 3.64. The quantitative estimate of drug-likeness (QED) is 0.840. The SMILES string of the molecule is O=C(C[NH+]1CCc2ccccc2C1)N1CCN(c2ncccn2)CC1. The molecule has 0 spiro atoms. The number of nitrogens with zero attached hydrogens (tertiary/aromatic N) is 4. The van der Waals surface area contributed by atoms with Gasteiger partial charge in [-0.1, -0.05) is 24.3 Å². The number of anilines is 1. The lowest BCUT2D eigenvalue weighted by molar-refractivity contribution is -0.908. The van der Waals surface area contributed by atoms with Crippen molar-refractivity contribution in [3.63, 3.8) is 0 Å². The Morgan fingerprint density at radius 1 is 1.00 bits per heavy atom. The number of piperazine rings is 1. The number of benzene rings is 1. The molecule has 1 aromatic carbocycles. The fraction of sp³-hybridized carbons (Fsp3) is 0.421. The molecule has 1 N–H and O–H groups in total. The van der Waals surface area contributed by atoms with Crippen molar-refractivity contribution in [1.29, 1.82) is 0 Å². The van der Waals surface area contributed by atoms with E-state index in [4.69, 9.17) is 0 Å². The molecular weight excluding hydrogens is 314 g/mol. The van der Waals surface area contributed by atoms with E-state index in [1.54, 1.807) is 12.4 Å². The van der Waals surface area contributed by atoms with E-state index < -0.39 is 0 Å². The van der Waals surface area contributed by atoms with Crippen LogP contribution in [0.25, 0.3) is 0 Å². The summed E-state index contributed by atoms with van der Waals surface area (Å²) < 4.78 is 0. The molecule has 0 bridgehead atoms. The van der Waals surface area contributed by atoms with Crippen LogP contribution in [0.1, 0.15) is 11.1 Å². The summed E-state index contributed by atoms with van der Waals surface area (Å²) in [4.78, 5) is 26.8. The van der Waals surface area contributed by atoms with Gasteiger partial charge in [0.2, 0.25) is 5.95 Å². The highest BCUT2D eigenvalue weighted by Crippen LogP contribution is 2.11. The number of quaternary nitrogens is 1. The number of rotatable bonds is 3. The molecule has 0 aliphatic carbocycles. The van der Waals surface area contributed by atoms with Crippen molar-refractivity contribution in [3.05, 3.63) is 53.9 Å². The van der Waals surface area contributed by atoms with Gasteiger partial charge in [0.25, 0.3) is 5.91 Å². The summed E-state index contributed by atoms with van der Waals surface area (Å²) in [5.74, 6) is 1.02. The van der Waals surface area contributed by atoms with Gasteiger partial charge in [0.05, 0.1) is 6.54 Å². The second-order valence-electron chi connectivity index (χ2n) is 6.79. The van der Waals surface area contributed by atoms with E-state index in [9.17, 15) is 4.79 Å². The van der Waals surface area contributed by atoms with Crippen molar-refractivity contribution in [1.82, 2.24) is 14.9 Å². The smallest absolute Gasteiger partial charge is 0.277 e. The average molecular weight is 338 g/mol. The molecule has 1 aromatic heterocycles. The van der Waals surface area contributed by atoms with Crippen molar-refractivity contribution in [3.8, 4) is 0 Å². The van der Waals surface area contributed by atoms with E-state index in [-0.39, 0.29) is 5.91 Å². The molecular formula is C19H24N5O+. The van der Waals surface area contributed by atoms with Gasteiger partial charge in [-0.25, -0.2) is 9.97 Å². The molecule has 0 radical (unpaired) electrons. The molecule has 2 aromatic rings. The van der Waals surface area contributed by atoms with E-state index in [1.165, 1.54) is 16.0 Å². The lowest BCUT2D eigenvalue weighted by Crippen LogP contribution is -3.12. The third-order valence-electron chi connectivity index (χ3n) is 5.18. The second kappa shape index (κ2) is 7.19. The minimum absolute atomic E-state index is 0.267. The van der Waals surface area contributed by atoms with Crippen LogP contribution >= 0.6 is 0 Å². The number of aromatic nitrogens is 2. The number of hydrogen-bond donors (Lipinski definition) is 1. The zero-order valence-electron chi connectivity index (χ0n) is 14.4. The Bertz CT molecular complexity index is 728. The maximum absolute atomic E-state index is 12.7. The molecule has 4 rings (SSSR count). The first-order valence-corrected chi connectivity index (χ1v) is 9.00. The Balaban J connectivity index is 1.30. The fourth-order valence-corrected chi connectivity index (χ4v) is 3.73. The molecule has 2 aliphatic heterocycles. The summed E-state index contributed by atoms with van der Waals surface area (Å²) in [6.07, 6.45) is 4.59. The Hall–Kier alpha value is -2.47. The van der Waals surface area contributed by atoms with Crippen LogP contribution in [0.15, 0.2) is 42.7 Å². The van der Waals surface area contributed by atoms with Gasteiger partial charge in [-0.15, -0.1) is 0 Å². The van der Waals surface area contributed by atoms with Gasteiger partial charge in [0.15, 0.2) is 6.54 Å². The van der Waals surface area contributed by atoms with Gasteiger partial charge in [-0.3, -0.25) is 4.79 Å². The van der Waals surface area contributed by atoms with Crippen molar-refractivity contribution >= 4 is 11.9 Å². The van der Waals surface area contributed by atoms with Crippen LogP contribution in [0.4, 0.5) is 5.95 Å². The van der Waals surface area contributed by atoms with Crippen LogP contribution in [0.5, 0.6) is 0 Å². The number of nitrogens with one attached hydrogen (secondary N) is 1. The second-order valence-corrected chi connectivity index (χ2v) is 6.79. The Kier molecular flexibility index (Phi) is 4.61. The summed E-state index contributed by atoms with van der Waals surface area (Å²) in [5, 5.41) is 0. The number of fused-ring (bicyclic) bond motifs is 1. The van der Waals surface area contributed by atoms with Gasteiger partial charge >= 0.3 is 0 Å². The molecule has 1 unspecified atom stereocenters. The standard InChI is InChI=1S/C19H23N5O/c25-18(15-22-9-6-16-4-1-2-5-17(16)14-22)23-10-12-24(13-11-23)19-20-7-3-8-21-19/h1-5,7-8H,6,9-15H2/p+1. The van der Waals surface area contributed by atoms with Crippen molar-refractivity contribution in [2.75, 3.05) is 44.2 Å². The highest BCUT2D eigenvalue weighted by molar-refractivity contribution is 5.77. The van der Waals surface area contributed by atoms with Gasteiger partial charge in [0.1, 0.15) is 6.54 Å². The van der Waals surface area contributed by atoms with E-state index in [0.717, 1.165) is 51.6 Å². The van der Waals surface area contributed by atoms with Gasteiger partial charge in [-0.05, 0) is 11.6 Å². The molecule has 6 nitrogen and oxygen atoms in total. The van der Waals surface area contributed by atoms with E-state index >= 15 is 0 Å². The van der Waals surface area contributed by atoms with Crippen molar-refractivity contribution < 1.29 is 9.69 Å². The molecule has 1 amide bonds. The van der Waals surface area contributed by atoms with Gasteiger partial charge in [0, 0.05) is 50.6 Å². The highest BCUT2D eigenvalue weighted by Gasteiger charge is 2.27. The van der Waals surface area contributed by atoms with Gasteiger partial charge < -0.3 is 14.7 Å². The molecule has 25 heavy (non-hydrogen) atoms. The summed E-state index contributed by atoms with van der Waals surface area (Å²) in [6, 6.07) is 10.4. The van der Waals surface area contributed by atoms with E-state index in [1.807, 2.05) is 11.0 Å². The minimum atomic E-state index is 0.267. The molecule has 6 heteroatoms. The Morgan fingerprint density at radius 3 is 2.48 bits per heavy atom. The van der Waals surface area contributed by atoms with Crippen LogP contribution in [-0.4, -0.2) is 60.0 Å². The Labute approximate surface area is 148 Å². The fourth-order valence-electron chi connectivity index (χ4n) is 3.73. The molecule has 2 aliphatic rings. The largest absolute Gasteiger partial charge is 0.337 e. The third-order valence-corrected chi connectivity index (χ3v) is 5.18. The van der Waals surface area contributed by atoms with Crippen LogP contribution in [-0.2, 0) is 17.8 Å². The predicted octanol–water partition coefficient (Wildman–Crippen LogP) is -0.234. The molecule has 1 fully saturated rings. The number of amides is 1. The topological polar surface area (TPSA) is 53.8 Å². The van der Waals surface area contributed by atoms with Crippen molar-refractivity contribution in [2.45, 2.75) is 13.0 Å². The molecule has 0 saturated carbocycles. The van der Waals surface area contributed by atoms with Crippen LogP contribution in [0.3, 0.4) is 0 Å². The molecule has 130 valence electrons. The number of carbonyl (C=O) groups excluding carboxylic acids is 1. The van der Waals surface area contributed by atoms with Crippen LogP contribution in [0, 0.1) is 0 Å². The Morgan fingerprint density at radius 2 is 1.72 bits per heavy atom. The van der Waals surface area contributed by atoms with Crippen LogP contribution < -0.4 is 9.80 Å². The molecule has 1 atom stereocenters. The summed E-state index contributed by atoms with van der Waals surface area (Å²) in [5.41, 5.74) is 2.83. The summed E-state index contributed by atoms with van der Waals surface area (Å²) in [6.45, 7) is 5.69. The number of hydrogen-bond acceptors (Lipinski definition) is 4. The summed E-state index contributed by atoms with van der Waals surface area (Å²) >= 11 is 0. The first-order chi connectivity index (χ1) is 12.3. The zero-order valence-corrected chi connectivity index (χ0v) is 14.4. The first kappa shape index (κ1) is 16.0. The highest BCUT2D eigenvalue weighted by atomic mass is 16.2.